The molecule has 0 bridgehead atoms. The SMILES string of the molecule is CCCN1c2cc(F)c(/C=C3/C(=O)NC(=S)N(c4ccc(Cl)cc4)C3=O)cc2C(C)CC1(C)C. The highest BCUT2D eigenvalue weighted by Crippen LogP contribution is 2.44. The number of carbonyl (C=O) groups excluding carboxylic acids is 2. The molecule has 2 aromatic rings. The van der Waals surface area contributed by atoms with Crippen molar-refractivity contribution in [2.75, 3.05) is 16.3 Å². The minimum Gasteiger partial charge on any atom is -0.366 e. The van der Waals surface area contributed by atoms with E-state index in [4.69, 9.17) is 23.8 Å². The van der Waals surface area contributed by atoms with Crippen molar-refractivity contribution >= 4 is 58.2 Å². The molecular weight excluding hydrogens is 473 g/mol. The van der Waals surface area contributed by atoms with Gasteiger partial charge in [0, 0.05) is 28.4 Å². The molecule has 34 heavy (non-hydrogen) atoms. The van der Waals surface area contributed by atoms with Gasteiger partial charge < -0.3 is 4.90 Å². The zero-order valence-electron chi connectivity index (χ0n) is 19.6. The third-order valence-electron chi connectivity index (χ3n) is 6.44. The van der Waals surface area contributed by atoms with Crippen LogP contribution >= 0.6 is 23.8 Å². The van der Waals surface area contributed by atoms with Crippen LogP contribution in [0.15, 0.2) is 42.0 Å². The van der Waals surface area contributed by atoms with Crippen molar-refractivity contribution in [2.45, 2.75) is 52.0 Å². The van der Waals surface area contributed by atoms with Gasteiger partial charge in [0.1, 0.15) is 11.4 Å². The number of carbonyl (C=O) groups is 2. The number of hydrogen-bond donors (Lipinski definition) is 1. The number of thiocarbonyl (C=S) groups is 1. The van der Waals surface area contributed by atoms with E-state index in [0.717, 1.165) is 30.6 Å². The molecule has 2 aromatic carbocycles. The second-order valence-corrected chi connectivity index (χ2v) is 10.3. The Balaban J connectivity index is 1.77. The maximum Gasteiger partial charge on any atom is 0.270 e. The van der Waals surface area contributed by atoms with Gasteiger partial charge in [-0.1, -0.05) is 25.4 Å². The second kappa shape index (κ2) is 9.12. The van der Waals surface area contributed by atoms with Crippen molar-refractivity contribution in [2.24, 2.45) is 0 Å². The van der Waals surface area contributed by atoms with Crippen molar-refractivity contribution in [3.63, 3.8) is 0 Å². The van der Waals surface area contributed by atoms with E-state index >= 15 is 4.39 Å². The first-order valence-corrected chi connectivity index (χ1v) is 12.1. The van der Waals surface area contributed by atoms with E-state index in [1.807, 2.05) is 0 Å². The number of fused-ring (bicyclic) bond motifs is 1. The molecule has 0 radical (unpaired) electrons. The second-order valence-electron chi connectivity index (χ2n) is 9.44. The zero-order chi connectivity index (χ0) is 24.8. The van der Waals surface area contributed by atoms with Crippen LogP contribution in [0.1, 0.15) is 57.6 Å². The Morgan fingerprint density at radius 1 is 1.24 bits per heavy atom. The van der Waals surface area contributed by atoms with Gasteiger partial charge >= 0.3 is 0 Å². The van der Waals surface area contributed by atoms with Gasteiger partial charge in [-0.15, -0.1) is 0 Å². The zero-order valence-corrected chi connectivity index (χ0v) is 21.2. The Kier molecular flexibility index (Phi) is 6.53. The summed E-state index contributed by atoms with van der Waals surface area (Å²) in [5.74, 6) is -1.55. The number of halogens is 2. The molecular formula is C26H27ClFN3O2S. The van der Waals surface area contributed by atoms with E-state index in [2.05, 4.69) is 37.9 Å². The van der Waals surface area contributed by atoms with Gasteiger partial charge in [0.05, 0.1) is 5.69 Å². The van der Waals surface area contributed by atoms with Crippen molar-refractivity contribution in [3.05, 3.63) is 63.9 Å². The maximum atomic E-state index is 15.4. The average molecular weight is 500 g/mol. The molecule has 2 heterocycles. The quantitative estimate of drug-likeness (QED) is 0.327. The average Bonchev–Trinajstić information content (AvgIpc) is 2.75. The van der Waals surface area contributed by atoms with Crippen LogP contribution in [0.25, 0.3) is 6.08 Å². The lowest BCUT2D eigenvalue weighted by Gasteiger charge is -2.47. The van der Waals surface area contributed by atoms with E-state index in [1.54, 1.807) is 30.3 Å². The number of hydrogen-bond acceptors (Lipinski definition) is 4. The van der Waals surface area contributed by atoms with Crippen LogP contribution in [0.2, 0.25) is 5.02 Å². The van der Waals surface area contributed by atoms with E-state index in [-0.39, 0.29) is 27.7 Å². The van der Waals surface area contributed by atoms with Crippen LogP contribution < -0.4 is 15.1 Å². The van der Waals surface area contributed by atoms with Crippen molar-refractivity contribution in [3.8, 4) is 0 Å². The number of nitrogens with zero attached hydrogens (tertiary/aromatic N) is 2. The van der Waals surface area contributed by atoms with E-state index in [1.165, 1.54) is 17.0 Å². The minimum atomic E-state index is -0.654. The van der Waals surface area contributed by atoms with Crippen molar-refractivity contribution < 1.29 is 14.0 Å². The van der Waals surface area contributed by atoms with Crippen molar-refractivity contribution in [1.29, 1.82) is 0 Å². The monoisotopic (exact) mass is 499 g/mol. The summed E-state index contributed by atoms with van der Waals surface area (Å²) in [7, 11) is 0. The first kappa shape index (κ1) is 24.4. The molecule has 2 aliphatic rings. The van der Waals surface area contributed by atoms with E-state index in [9.17, 15) is 9.59 Å². The normalized spacial score (nSPS) is 21.1. The van der Waals surface area contributed by atoms with Gasteiger partial charge in [0.2, 0.25) is 0 Å². The highest BCUT2D eigenvalue weighted by molar-refractivity contribution is 7.80. The Morgan fingerprint density at radius 3 is 2.56 bits per heavy atom. The predicted molar refractivity (Wildman–Crippen MR) is 139 cm³/mol. The molecule has 5 nitrogen and oxygen atoms in total. The number of benzene rings is 2. The van der Waals surface area contributed by atoms with E-state index in [0.29, 0.717) is 10.7 Å². The lowest BCUT2D eigenvalue weighted by Crippen LogP contribution is -2.54. The van der Waals surface area contributed by atoms with Gasteiger partial charge in [-0.3, -0.25) is 19.8 Å². The van der Waals surface area contributed by atoms with Crippen LogP contribution in [0.3, 0.4) is 0 Å². The number of anilines is 2. The first-order chi connectivity index (χ1) is 16.0. The standard InChI is InChI=1S/C26H27ClFN3O2S/c1-5-10-30-22-13-21(28)16(11-19(22)15(2)14-26(30,3)4)12-20-23(32)29-25(34)31(24(20)33)18-8-6-17(27)7-9-18/h6-9,11-13,15H,5,10,14H2,1-4H3,(H,29,32,34)/b20-12-. The molecule has 178 valence electrons. The number of nitrogens with one attached hydrogen (secondary N) is 1. The minimum absolute atomic E-state index is 0.0357. The predicted octanol–water partition coefficient (Wildman–Crippen LogP) is 5.81. The van der Waals surface area contributed by atoms with E-state index < -0.39 is 17.6 Å². The first-order valence-electron chi connectivity index (χ1n) is 11.3. The van der Waals surface area contributed by atoms with Crippen molar-refractivity contribution in [1.82, 2.24) is 5.32 Å². The molecule has 4 rings (SSSR count). The molecule has 1 unspecified atom stereocenters. The Morgan fingerprint density at radius 2 is 1.91 bits per heavy atom. The summed E-state index contributed by atoms with van der Waals surface area (Å²) >= 11 is 11.2. The Labute approximate surface area is 209 Å². The topological polar surface area (TPSA) is 52.7 Å². The summed E-state index contributed by atoms with van der Waals surface area (Å²) < 4.78 is 15.4. The summed E-state index contributed by atoms with van der Waals surface area (Å²) in [5, 5.41) is 3.00. The third-order valence-corrected chi connectivity index (χ3v) is 6.97. The molecule has 8 heteroatoms. The molecule has 0 spiro atoms. The van der Waals surface area contributed by atoms with Gasteiger partial charge in [0.25, 0.3) is 11.8 Å². The van der Waals surface area contributed by atoms with Gasteiger partial charge in [-0.25, -0.2) is 4.39 Å². The molecule has 0 aromatic heterocycles. The smallest absolute Gasteiger partial charge is 0.270 e. The fraction of sp³-hybridized carbons (Fsp3) is 0.346. The summed E-state index contributed by atoms with van der Waals surface area (Å²) in [4.78, 5) is 29.4. The summed E-state index contributed by atoms with van der Waals surface area (Å²) in [5.41, 5.74) is 2.26. The maximum absolute atomic E-state index is 15.4. The van der Waals surface area contributed by atoms with Gasteiger partial charge in [0.15, 0.2) is 5.11 Å². The molecule has 0 aliphatic carbocycles. The number of amides is 2. The highest BCUT2D eigenvalue weighted by Gasteiger charge is 2.38. The molecule has 0 saturated carbocycles. The van der Waals surface area contributed by atoms with Crippen LogP contribution in [0.5, 0.6) is 0 Å². The lowest BCUT2D eigenvalue weighted by atomic mass is 9.79. The third kappa shape index (κ3) is 4.34. The lowest BCUT2D eigenvalue weighted by molar-refractivity contribution is -0.122. The largest absolute Gasteiger partial charge is 0.366 e. The summed E-state index contributed by atoms with van der Waals surface area (Å²) in [6.45, 7) is 9.40. The van der Waals surface area contributed by atoms with Gasteiger partial charge in [-0.05, 0) is 92.9 Å². The van der Waals surface area contributed by atoms with Crippen LogP contribution in [-0.4, -0.2) is 29.0 Å². The Hall–Kier alpha value is -2.77. The summed E-state index contributed by atoms with van der Waals surface area (Å²) in [6, 6.07) is 9.81. The van der Waals surface area contributed by atoms with Crippen LogP contribution in [-0.2, 0) is 9.59 Å². The fourth-order valence-corrected chi connectivity index (χ4v) is 5.32. The molecule has 1 fully saturated rings. The van der Waals surface area contributed by atoms with Crippen LogP contribution in [0.4, 0.5) is 15.8 Å². The molecule has 2 amide bonds. The fourth-order valence-electron chi connectivity index (χ4n) is 4.92. The summed E-state index contributed by atoms with van der Waals surface area (Å²) in [6.07, 6.45) is 3.17. The molecule has 1 N–H and O–H groups in total. The van der Waals surface area contributed by atoms with Crippen LogP contribution in [0, 0.1) is 5.82 Å². The number of rotatable bonds is 4. The molecule has 2 aliphatic heterocycles. The molecule has 1 saturated heterocycles. The Bertz CT molecular complexity index is 1210. The molecule has 1 atom stereocenters. The van der Waals surface area contributed by atoms with Gasteiger partial charge in [-0.2, -0.15) is 0 Å². The highest BCUT2D eigenvalue weighted by atomic mass is 35.5.